The lowest BCUT2D eigenvalue weighted by Gasteiger charge is -2.40. The Morgan fingerprint density at radius 1 is 0.946 bits per heavy atom. The largest absolute Gasteiger partial charge is 0.494 e. The van der Waals surface area contributed by atoms with Gasteiger partial charge in [-0.3, -0.25) is 0 Å². The number of anilines is 1. The van der Waals surface area contributed by atoms with Gasteiger partial charge in [0.25, 0.3) is 0 Å². The fraction of sp³-hybridized carbons (Fsp3) is 0.634. The number of esters is 1. The normalized spacial score (nSPS) is 18.6. The smallest absolute Gasteiger partial charge is 0.410 e. The van der Waals surface area contributed by atoms with Gasteiger partial charge in [-0.15, -0.1) is 0 Å². The summed E-state index contributed by atoms with van der Waals surface area (Å²) in [6.07, 6.45) is 6.39. The van der Waals surface area contributed by atoms with Gasteiger partial charge in [-0.2, -0.15) is 9.61 Å². The summed E-state index contributed by atoms with van der Waals surface area (Å²) in [5, 5.41) is 4.96. The zero-order chi connectivity index (χ0) is 41.0. The first-order valence-electron chi connectivity index (χ1n) is 20.0. The van der Waals surface area contributed by atoms with Crippen LogP contribution in [0.1, 0.15) is 81.0 Å². The number of rotatable bonds is 17. The summed E-state index contributed by atoms with van der Waals surface area (Å²) in [5.41, 5.74) is 3.33. The van der Waals surface area contributed by atoms with E-state index in [1.165, 1.54) is 7.11 Å². The predicted molar refractivity (Wildman–Crippen MR) is 225 cm³/mol. The van der Waals surface area contributed by atoms with Crippen molar-refractivity contribution in [3.8, 4) is 11.1 Å². The zero-order valence-corrected chi connectivity index (χ0v) is 37.6. The molecule has 0 aromatic carbocycles. The number of nitrogens with zero attached hydrogens (tertiary/aromatic N) is 6. The summed E-state index contributed by atoms with van der Waals surface area (Å²) in [5.74, 6) is 0.678. The van der Waals surface area contributed by atoms with Crippen LogP contribution >= 0.6 is 0 Å². The first-order valence-corrected chi connectivity index (χ1v) is 27.4. The van der Waals surface area contributed by atoms with E-state index in [0.717, 1.165) is 53.1 Å². The van der Waals surface area contributed by atoms with Crippen molar-refractivity contribution in [3.05, 3.63) is 48.1 Å². The first kappa shape index (κ1) is 43.3. The summed E-state index contributed by atoms with van der Waals surface area (Å²) >= 11 is 0. The second-order valence-electron chi connectivity index (χ2n) is 18.4. The van der Waals surface area contributed by atoms with Gasteiger partial charge in [0, 0.05) is 64.7 Å². The van der Waals surface area contributed by atoms with E-state index < -0.39 is 27.7 Å². The van der Waals surface area contributed by atoms with Crippen LogP contribution in [0.4, 0.5) is 10.6 Å². The third kappa shape index (κ3) is 10.8. The van der Waals surface area contributed by atoms with E-state index in [1.807, 2.05) is 43.2 Å². The van der Waals surface area contributed by atoms with Crippen LogP contribution in [0.15, 0.2) is 31.1 Å². The number of carbonyl (C=O) groups is 2. The second kappa shape index (κ2) is 17.8. The van der Waals surface area contributed by atoms with E-state index in [4.69, 9.17) is 33.8 Å². The molecule has 5 heterocycles. The average Bonchev–Trinajstić information content (AvgIpc) is 3.66. The van der Waals surface area contributed by atoms with Gasteiger partial charge >= 0.3 is 12.1 Å². The van der Waals surface area contributed by atoms with Gasteiger partial charge in [-0.25, -0.2) is 19.6 Å². The maximum atomic E-state index is 13.5. The zero-order valence-electron chi connectivity index (χ0n) is 35.6. The van der Waals surface area contributed by atoms with Gasteiger partial charge in [0.05, 0.1) is 31.2 Å². The van der Waals surface area contributed by atoms with Crippen LogP contribution in [-0.4, -0.2) is 111 Å². The molecule has 0 spiro atoms. The molecule has 0 N–H and O–H groups in total. The number of aromatic nitrogens is 4. The molecule has 2 aliphatic rings. The Morgan fingerprint density at radius 2 is 1.55 bits per heavy atom. The molecule has 0 unspecified atom stereocenters. The van der Waals surface area contributed by atoms with Crippen LogP contribution < -0.4 is 4.90 Å². The SMILES string of the molecule is C=C(OCC)c1c([C@H]2C[C@H]3CC[C@@H](C2)N3C(=O)OC(C)(C)C)nc2c(-c3ccc(C(=O)OC)nc3)cnn2c1N(COCC[Si](C)(C)C)COCC[Si](C)(C)C. The van der Waals surface area contributed by atoms with Crippen molar-refractivity contribution >= 4 is 45.4 Å². The number of carbonyl (C=O) groups excluding carboxylic acids is 2. The Kier molecular flexibility index (Phi) is 13.8. The van der Waals surface area contributed by atoms with Gasteiger partial charge in [0.1, 0.15) is 36.3 Å². The van der Waals surface area contributed by atoms with E-state index in [1.54, 1.807) is 18.5 Å². The Morgan fingerprint density at radius 3 is 2.05 bits per heavy atom. The Hall–Kier alpha value is -3.80. The Labute approximate surface area is 335 Å². The summed E-state index contributed by atoms with van der Waals surface area (Å²) in [6.45, 7) is 28.4. The summed E-state index contributed by atoms with van der Waals surface area (Å²) in [7, 11) is -1.39. The Bertz CT molecular complexity index is 1810. The molecular weight excluding hydrogens is 745 g/mol. The number of amides is 1. The molecule has 2 saturated heterocycles. The van der Waals surface area contributed by atoms with E-state index in [2.05, 4.69) is 55.7 Å². The highest BCUT2D eigenvalue weighted by Crippen LogP contribution is 2.47. The number of pyridine rings is 1. The highest BCUT2D eigenvalue weighted by atomic mass is 28.3. The third-order valence-corrected chi connectivity index (χ3v) is 13.6. The van der Waals surface area contributed by atoms with E-state index in [9.17, 15) is 9.59 Å². The maximum absolute atomic E-state index is 13.5. The summed E-state index contributed by atoms with van der Waals surface area (Å²) in [4.78, 5) is 39.6. The second-order valence-corrected chi connectivity index (χ2v) is 29.7. The Balaban J connectivity index is 1.67. The minimum atomic E-state index is -1.36. The molecule has 2 fully saturated rings. The molecule has 2 aliphatic heterocycles. The molecule has 15 heteroatoms. The van der Waals surface area contributed by atoms with E-state index in [-0.39, 0.29) is 43.3 Å². The maximum Gasteiger partial charge on any atom is 0.410 e. The van der Waals surface area contributed by atoms with Crippen LogP contribution in [-0.2, 0) is 23.7 Å². The molecule has 13 nitrogen and oxygen atoms in total. The number of piperidine rings is 1. The predicted octanol–water partition coefficient (Wildman–Crippen LogP) is 8.66. The van der Waals surface area contributed by atoms with E-state index >= 15 is 0 Å². The fourth-order valence-electron chi connectivity index (χ4n) is 7.36. The van der Waals surface area contributed by atoms with Gasteiger partial charge in [-0.1, -0.05) is 51.9 Å². The van der Waals surface area contributed by atoms with Crippen LogP contribution in [0.25, 0.3) is 22.5 Å². The number of hydrogen-bond acceptors (Lipinski definition) is 11. The monoisotopic (exact) mass is 808 g/mol. The lowest BCUT2D eigenvalue weighted by molar-refractivity contribution is 0.00564. The number of fused-ring (bicyclic) bond motifs is 3. The van der Waals surface area contributed by atoms with Gasteiger partial charge < -0.3 is 33.5 Å². The molecule has 0 saturated carbocycles. The van der Waals surface area contributed by atoms with Gasteiger partial charge in [-0.05, 0) is 71.5 Å². The quantitative estimate of drug-likeness (QED) is 0.0427. The van der Waals surface area contributed by atoms with Crippen molar-refractivity contribution in [2.75, 3.05) is 45.3 Å². The van der Waals surface area contributed by atoms with Crippen molar-refractivity contribution in [2.24, 2.45) is 0 Å². The number of ether oxygens (including phenoxy) is 5. The molecular formula is C41H64N6O7Si2. The van der Waals surface area contributed by atoms with Crippen LogP contribution in [0.5, 0.6) is 0 Å². The molecule has 5 rings (SSSR count). The molecule has 308 valence electrons. The highest BCUT2D eigenvalue weighted by Gasteiger charge is 2.46. The average molecular weight is 809 g/mol. The molecule has 3 atom stereocenters. The summed E-state index contributed by atoms with van der Waals surface area (Å²) in [6, 6.07) is 5.54. The topological polar surface area (TPSA) is 130 Å². The molecule has 3 aromatic rings. The van der Waals surface area contributed by atoms with Crippen LogP contribution in [0, 0.1) is 0 Å². The lowest BCUT2D eigenvalue weighted by Crippen LogP contribution is -2.48. The molecule has 2 bridgehead atoms. The number of hydrogen-bond donors (Lipinski definition) is 0. The minimum Gasteiger partial charge on any atom is -0.494 e. The molecule has 1 amide bonds. The van der Waals surface area contributed by atoms with Crippen molar-refractivity contribution in [2.45, 2.75) is 128 Å². The van der Waals surface area contributed by atoms with Crippen LogP contribution in [0.3, 0.4) is 0 Å². The highest BCUT2D eigenvalue weighted by molar-refractivity contribution is 6.76. The molecule has 0 radical (unpaired) electrons. The third-order valence-electron chi connectivity index (χ3n) is 10.2. The molecule has 56 heavy (non-hydrogen) atoms. The molecule has 0 aliphatic carbocycles. The first-order chi connectivity index (χ1) is 26.3. The van der Waals surface area contributed by atoms with Crippen molar-refractivity contribution < 1.29 is 33.3 Å². The van der Waals surface area contributed by atoms with Crippen molar-refractivity contribution in [3.63, 3.8) is 0 Å². The minimum absolute atomic E-state index is 0.00799. The van der Waals surface area contributed by atoms with E-state index in [0.29, 0.717) is 44.1 Å². The summed E-state index contributed by atoms with van der Waals surface area (Å²) < 4.78 is 31.8. The molecule has 3 aromatic heterocycles. The van der Waals surface area contributed by atoms with Gasteiger partial charge in [0.2, 0.25) is 0 Å². The standard InChI is InChI=1S/C41H64N6O7Si2/c1-13-53-28(2)35-36(30-22-31-15-16-32(23-30)46(31)40(49)54-41(3,4)5)44-37-33(29-14-17-34(42-24-29)39(48)50-6)25-43-47(37)38(35)45(26-51-18-20-55(7,8)9)27-52-19-21-56(10,11)12/h14,17,24-25,30-32H,2,13,15-16,18-23,26-27H2,1,3-12H3/t30-,31+,32-. The fourth-order valence-corrected chi connectivity index (χ4v) is 8.87. The lowest BCUT2D eigenvalue weighted by atomic mass is 9.85. The van der Waals surface area contributed by atoms with Crippen molar-refractivity contribution in [1.82, 2.24) is 24.5 Å². The number of methoxy groups -OCH3 is 1. The van der Waals surface area contributed by atoms with Gasteiger partial charge in [0.15, 0.2) is 5.65 Å². The van der Waals surface area contributed by atoms with Crippen LogP contribution in [0.2, 0.25) is 51.4 Å². The van der Waals surface area contributed by atoms with Crippen molar-refractivity contribution in [1.29, 1.82) is 0 Å².